The minimum absolute atomic E-state index is 0.319. The summed E-state index contributed by atoms with van der Waals surface area (Å²) in [7, 11) is 0. The van der Waals surface area contributed by atoms with Crippen molar-refractivity contribution in [3.05, 3.63) is 62.0 Å². The summed E-state index contributed by atoms with van der Waals surface area (Å²) in [4.78, 5) is 0.319. The van der Waals surface area contributed by atoms with Crippen LogP contribution in [0.15, 0.2) is 40.9 Å². The van der Waals surface area contributed by atoms with Gasteiger partial charge in [-0.15, -0.1) is 0 Å². The summed E-state index contributed by atoms with van der Waals surface area (Å²) in [6.45, 7) is 0.344. The lowest BCUT2D eigenvalue weighted by molar-refractivity contribution is 0.304. The third-order valence-electron chi connectivity index (χ3n) is 2.61. The van der Waals surface area contributed by atoms with Crippen LogP contribution in [-0.4, -0.2) is 4.99 Å². The number of hydrogen-bond donors (Lipinski definition) is 1. The first kappa shape index (κ1) is 15.6. The molecule has 0 aliphatic rings. The Morgan fingerprint density at radius 3 is 2.55 bits per heavy atom. The number of nitrogens with two attached hydrogens (primary N) is 1. The molecule has 2 nitrogen and oxygen atoms in total. The van der Waals surface area contributed by atoms with Crippen molar-refractivity contribution in [2.24, 2.45) is 5.73 Å². The maximum Gasteiger partial charge on any atom is 0.134 e. The van der Waals surface area contributed by atoms with Gasteiger partial charge < -0.3 is 10.5 Å². The highest BCUT2D eigenvalue weighted by Crippen LogP contribution is 2.29. The van der Waals surface area contributed by atoms with E-state index in [2.05, 4.69) is 15.9 Å². The molecular formula is C14H10BrCl2NOS. The first-order valence-corrected chi connectivity index (χ1v) is 7.59. The first-order valence-electron chi connectivity index (χ1n) is 5.63. The Morgan fingerprint density at radius 2 is 1.95 bits per heavy atom. The number of halogens is 3. The minimum Gasteiger partial charge on any atom is -0.488 e. The third-order valence-corrected chi connectivity index (χ3v) is 4.06. The topological polar surface area (TPSA) is 35.2 Å². The Kier molecular flexibility index (Phi) is 5.27. The van der Waals surface area contributed by atoms with Crippen LogP contribution in [0.4, 0.5) is 0 Å². The molecule has 2 aromatic carbocycles. The highest BCUT2D eigenvalue weighted by Gasteiger charge is 2.07. The molecule has 20 heavy (non-hydrogen) atoms. The highest BCUT2D eigenvalue weighted by atomic mass is 79.9. The van der Waals surface area contributed by atoms with E-state index in [9.17, 15) is 0 Å². The Balaban J connectivity index is 2.13. The average Bonchev–Trinajstić information content (AvgIpc) is 2.38. The maximum atomic E-state index is 6.18. The fourth-order valence-corrected chi connectivity index (χ4v) is 2.72. The average molecular weight is 391 g/mol. The van der Waals surface area contributed by atoms with Gasteiger partial charge in [0.1, 0.15) is 17.3 Å². The van der Waals surface area contributed by atoms with E-state index in [1.165, 1.54) is 0 Å². The van der Waals surface area contributed by atoms with Crippen LogP contribution in [0.1, 0.15) is 11.1 Å². The molecule has 0 heterocycles. The Labute approximate surface area is 141 Å². The summed E-state index contributed by atoms with van der Waals surface area (Å²) < 4.78 is 6.50. The van der Waals surface area contributed by atoms with E-state index in [1.807, 2.05) is 12.1 Å². The second-order valence-electron chi connectivity index (χ2n) is 4.03. The SMILES string of the molecule is NC(=S)c1ccc(COc2ccc(Cl)cc2Br)c(Cl)c1. The van der Waals surface area contributed by atoms with E-state index in [-0.39, 0.29) is 0 Å². The van der Waals surface area contributed by atoms with E-state index in [0.717, 1.165) is 15.6 Å². The number of ether oxygens (including phenoxy) is 1. The van der Waals surface area contributed by atoms with Gasteiger partial charge in [-0.2, -0.15) is 0 Å². The van der Waals surface area contributed by atoms with E-state index >= 15 is 0 Å². The van der Waals surface area contributed by atoms with E-state index in [0.29, 0.717) is 27.4 Å². The molecule has 0 saturated carbocycles. The molecule has 0 radical (unpaired) electrons. The van der Waals surface area contributed by atoms with Crippen molar-refractivity contribution in [2.45, 2.75) is 6.61 Å². The number of hydrogen-bond acceptors (Lipinski definition) is 2. The lowest BCUT2D eigenvalue weighted by Crippen LogP contribution is -2.09. The van der Waals surface area contributed by atoms with Crippen LogP contribution in [0.2, 0.25) is 10.0 Å². The molecule has 2 rings (SSSR count). The summed E-state index contributed by atoms with van der Waals surface area (Å²) >= 11 is 20.4. The van der Waals surface area contributed by atoms with E-state index in [4.69, 9.17) is 45.9 Å². The highest BCUT2D eigenvalue weighted by molar-refractivity contribution is 9.10. The van der Waals surface area contributed by atoms with Gasteiger partial charge in [0.2, 0.25) is 0 Å². The molecule has 0 bridgehead atoms. The normalized spacial score (nSPS) is 10.3. The fraction of sp³-hybridized carbons (Fsp3) is 0.0714. The zero-order chi connectivity index (χ0) is 14.7. The summed E-state index contributed by atoms with van der Waals surface area (Å²) in [5, 5.41) is 1.21. The van der Waals surface area contributed by atoms with E-state index < -0.39 is 0 Å². The zero-order valence-corrected chi connectivity index (χ0v) is 14.1. The third kappa shape index (κ3) is 3.85. The number of benzene rings is 2. The summed E-state index contributed by atoms with van der Waals surface area (Å²) in [5.74, 6) is 0.698. The monoisotopic (exact) mass is 389 g/mol. The molecule has 0 amide bonds. The molecule has 0 aliphatic heterocycles. The van der Waals surface area contributed by atoms with Crippen molar-refractivity contribution in [3.63, 3.8) is 0 Å². The van der Waals surface area contributed by atoms with Crippen LogP contribution >= 0.6 is 51.3 Å². The molecule has 0 atom stereocenters. The minimum atomic E-state index is 0.319. The predicted molar refractivity (Wildman–Crippen MR) is 90.8 cm³/mol. The summed E-state index contributed by atoms with van der Waals surface area (Å²) in [6, 6.07) is 10.7. The quantitative estimate of drug-likeness (QED) is 0.748. The van der Waals surface area contributed by atoms with Gasteiger partial charge in [0.15, 0.2) is 0 Å². The van der Waals surface area contributed by atoms with Crippen LogP contribution in [-0.2, 0) is 6.61 Å². The molecule has 0 spiro atoms. The van der Waals surface area contributed by atoms with Gasteiger partial charge in [-0.25, -0.2) is 0 Å². The van der Waals surface area contributed by atoms with Gasteiger partial charge in [-0.3, -0.25) is 0 Å². The van der Waals surface area contributed by atoms with Crippen molar-refractivity contribution in [1.82, 2.24) is 0 Å². The predicted octanol–water partition coefficient (Wildman–Crippen LogP) is 4.97. The maximum absolute atomic E-state index is 6.18. The summed E-state index contributed by atoms with van der Waals surface area (Å²) in [6.07, 6.45) is 0. The molecule has 0 unspecified atom stereocenters. The molecule has 0 saturated heterocycles. The van der Waals surface area contributed by atoms with Crippen LogP contribution in [0.3, 0.4) is 0 Å². The largest absolute Gasteiger partial charge is 0.488 e. The van der Waals surface area contributed by atoms with Gasteiger partial charge in [0.05, 0.1) is 4.47 Å². The second-order valence-corrected chi connectivity index (χ2v) is 6.17. The van der Waals surface area contributed by atoms with Crippen LogP contribution < -0.4 is 10.5 Å². The van der Waals surface area contributed by atoms with Crippen molar-refractivity contribution in [3.8, 4) is 5.75 Å². The summed E-state index contributed by atoms with van der Waals surface area (Å²) in [5.41, 5.74) is 7.15. The van der Waals surface area contributed by atoms with Crippen molar-refractivity contribution in [1.29, 1.82) is 0 Å². The fourth-order valence-electron chi connectivity index (χ4n) is 1.57. The molecule has 6 heteroatoms. The van der Waals surface area contributed by atoms with Crippen LogP contribution in [0.5, 0.6) is 5.75 Å². The molecule has 104 valence electrons. The van der Waals surface area contributed by atoms with Gasteiger partial charge in [-0.05, 0) is 40.2 Å². The number of rotatable bonds is 4. The van der Waals surface area contributed by atoms with Crippen LogP contribution in [0.25, 0.3) is 0 Å². The lowest BCUT2D eigenvalue weighted by atomic mass is 10.1. The lowest BCUT2D eigenvalue weighted by Gasteiger charge is -2.10. The van der Waals surface area contributed by atoms with Gasteiger partial charge >= 0.3 is 0 Å². The molecule has 0 aliphatic carbocycles. The van der Waals surface area contributed by atoms with Gasteiger partial charge in [0.25, 0.3) is 0 Å². The van der Waals surface area contributed by atoms with Crippen molar-refractivity contribution in [2.75, 3.05) is 0 Å². The molecule has 2 aromatic rings. The molecule has 2 N–H and O–H groups in total. The first-order chi connectivity index (χ1) is 9.47. The second kappa shape index (κ2) is 6.76. The Bertz CT molecular complexity index is 664. The molecular weight excluding hydrogens is 381 g/mol. The Hall–Kier alpha value is -0.810. The number of thiocarbonyl (C=S) groups is 1. The smallest absolute Gasteiger partial charge is 0.134 e. The van der Waals surface area contributed by atoms with Crippen molar-refractivity contribution >= 4 is 56.3 Å². The Morgan fingerprint density at radius 1 is 1.20 bits per heavy atom. The van der Waals surface area contributed by atoms with Gasteiger partial charge in [0, 0.05) is 21.2 Å². The van der Waals surface area contributed by atoms with Crippen molar-refractivity contribution < 1.29 is 4.74 Å². The molecule has 0 aromatic heterocycles. The zero-order valence-electron chi connectivity index (χ0n) is 10.2. The molecule has 0 fully saturated rings. The van der Waals surface area contributed by atoms with Crippen LogP contribution in [0, 0.1) is 0 Å². The van der Waals surface area contributed by atoms with E-state index in [1.54, 1.807) is 24.3 Å². The van der Waals surface area contributed by atoms with Gasteiger partial charge in [-0.1, -0.05) is 47.6 Å². The standard InChI is InChI=1S/C14H10BrCl2NOS/c15-11-6-10(16)3-4-13(11)19-7-9-2-1-8(14(18)20)5-12(9)17/h1-6H,7H2,(H2,18,20).